The number of hydrogen-bond acceptors (Lipinski definition) is 6. The van der Waals surface area contributed by atoms with E-state index in [1.807, 2.05) is 6.92 Å². The first-order valence-corrected chi connectivity index (χ1v) is 18.0. The van der Waals surface area contributed by atoms with Gasteiger partial charge in [0.2, 0.25) is 0 Å². The average Bonchev–Trinajstić information content (AvgIpc) is 2.93. The molecule has 32 heavy (non-hydrogen) atoms. The van der Waals surface area contributed by atoms with Crippen molar-refractivity contribution in [2.45, 2.75) is 135 Å². The molecule has 1 fully saturated rings. The molecule has 1 heterocycles. The molecule has 0 bridgehead atoms. The number of aliphatic hydroxyl groups excluding tert-OH is 2. The molecular formula is C24H50O6Si2. The molecule has 0 aliphatic carbocycles. The smallest absolute Gasteiger partial charge is 0.306 e. The Morgan fingerprint density at radius 3 is 1.97 bits per heavy atom. The van der Waals surface area contributed by atoms with Crippen molar-refractivity contribution in [3.63, 3.8) is 0 Å². The first kappa shape index (κ1) is 29.8. The van der Waals surface area contributed by atoms with Crippen LogP contribution in [0.2, 0.25) is 36.3 Å². The van der Waals surface area contributed by atoms with E-state index in [9.17, 15) is 15.0 Å². The predicted molar refractivity (Wildman–Crippen MR) is 135 cm³/mol. The van der Waals surface area contributed by atoms with Crippen molar-refractivity contribution in [1.29, 1.82) is 0 Å². The number of aliphatic hydroxyl groups is 2. The van der Waals surface area contributed by atoms with Crippen LogP contribution in [0.5, 0.6) is 0 Å². The normalized spacial score (nSPS) is 23.7. The fraction of sp³-hybridized carbons (Fsp3) is 0.958. The lowest BCUT2D eigenvalue weighted by Gasteiger charge is -2.41. The van der Waals surface area contributed by atoms with Gasteiger partial charge in [-0.1, -0.05) is 48.5 Å². The number of hydrogen-bond donors (Lipinski definition) is 2. The number of esters is 1. The summed E-state index contributed by atoms with van der Waals surface area (Å²) in [4.78, 5) is 11.5. The third-order valence-electron chi connectivity index (χ3n) is 7.74. The van der Waals surface area contributed by atoms with E-state index in [1.165, 1.54) is 0 Å². The number of carbonyl (C=O) groups excluding carboxylic acids is 1. The zero-order chi connectivity index (χ0) is 25.1. The maximum Gasteiger partial charge on any atom is 0.306 e. The van der Waals surface area contributed by atoms with Crippen LogP contribution in [-0.4, -0.2) is 63.8 Å². The molecule has 0 spiro atoms. The Labute approximate surface area is 198 Å². The van der Waals surface area contributed by atoms with Gasteiger partial charge >= 0.3 is 5.97 Å². The standard InChI is InChI=1S/C24H50O6Si2/c1-17-14-21(27)29-22(17)20(26)15-18(25)12-13-19(30-32(10,11)24(5,6)7)16-28-31(8,9)23(2,3)4/h17-20,22,25-26H,12-16H2,1-11H3/t17-,18-,19+,20-,22-/m0/s1. The summed E-state index contributed by atoms with van der Waals surface area (Å²) in [5.74, 6) is -0.306. The number of ether oxygens (including phenoxy) is 1. The van der Waals surface area contributed by atoms with Gasteiger partial charge < -0.3 is 23.8 Å². The van der Waals surface area contributed by atoms with E-state index < -0.39 is 34.9 Å². The van der Waals surface area contributed by atoms with Gasteiger partial charge in [0.25, 0.3) is 0 Å². The summed E-state index contributed by atoms with van der Waals surface area (Å²) in [6.07, 6.45) is -0.479. The van der Waals surface area contributed by atoms with Crippen LogP contribution in [0.25, 0.3) is 0 Å². The van der Waals surface area contributed by atoms with Gasteiger partial charge in [0.05, 0.1) is 31.3 Å². The molecule has 6 nitrogen and oxygen atoms in total. The molecule has 0 aromatic heterocycles. The van der Waals surface area contributed by atoms with E-state index in [0.29, 0.717) is 25.9 Å². The maximum atomic E-state index is 11.5. The molecule has 0 unspecified atom stereocenters. The van der Waals surface area contributed by atoms with Gasteiger partial charge in [-0.15, -0.1) is 0 Å². The molecule has 0 amide bonds. The molecule has 0 aromatic carbocycles. The van der Waals surface area contributed by atoms with E-state index in [4.69, 9.17) is 13.6 Å². The highest BCUT2D eigenvalue weighted by molar-refractivity contribution is 6.74. The summed E-state index contributed by atoms with van der Waals surface area (Å²) < 4.78 is 18.4. The van der Waals surface area contributed by atoms with Crippen LogP contribution in [0.15, 0.2) is 0 Å². The van der Waals surface area contributed by atoms with Crippen molar-refractivity contribution < 1.29 is 28.6 Å². The second-order valence-corrected chi connectivity index (χ2v) is 22.3. The molecule has 8 heteroatoms. The molecule has 1 rings (SSSR count). The summed E-state index contributed by atoms with van der Waals surface area (Å²) in [6, 6.07) is 0. The minimum absolute atomic E-state index is 0.0302. The van der Waals surface area contributed by atoms with Crippen molar-refractivity contribution >= 4 is 22.6 Å². The SMILES string of the molecule is C[C@H]1CC(=O)O[C@@H]1[C@@H](O)C[C@@H](O)CC[C@H](CO[Si](C)(C)C(C)(C)C)O[Si](C)(C)C(C)(C)C. The highest BCUT2D eigenvalue weighted by Gasteiger charge is 2.42. The molecule has 1 aliphatic heterocycles. The van der Waals surface area contributed by atoms with Crippen LogP contribution in [0.3, 0.4) is 0 Å². The average molecular weight is 491 g/mol. The van der Waals surface area contributed by atoms with Crippen LogP contribution in [0, 0.1) is 5.92 Å². The third-order valence-corrected chi connectivity index (χ3v) is 16.8. The van der Waals surface area contributed by atoms with Gasteiger partial charge in [-0.3, -0.25) is 4.79 Å². The van der Waals surface area contributed by atoms with Gasteiger partial charge in [-0.05, 0) is 49.1 Å². The maximum absolute atomic E-state index is 11.5. The third kappa shape index (κ3) is 8.51. The van der Waals surface area contributed by atoms with E-state index in [1.54, 1.807) is 0 Å². The van der Waals surface area contributed by atoms with E-state index in [2.05, 4.69) is 67.7 Å². The topological polar surface area (TPSA) is 85.2 Å². The number of carbonyl (C=O) groups is 1. The van der Waals surface area contributed by atoms with Crippen molar-refractivity contribution in [2.24, 2.45) is 5.92 Å². The van der Waals surface area contributed by atoms with E-state index >= 15 is 0 Å². The highest BCUT2D eigenvalue weighted by Crippen LogP contribution is 2.39. The minimum atomic E-state index is -2.01. The van der Waals surface area contributed by atoms with Crippen molar-refractivity contribution in [3.8, 4) is 0 Å². The Balaban J connectivity index is 2.76. The largest absolute Gasteiger partial charge is 0.459 e. The molecule has 2 N–H and O–H groups in total. The molecule has 0 aromatic rings. The van der Waals surface area contributed by atoms with Crippen LogP contribution < -0.4 is 0 Å². The van der Waals surface area contributed by atoms with Crippen LogP contribution >= 0.6 is 0 Å². The molecule has 190 valence electrons. The second-order valence-electron chi connectivity index (χ2n) is 12.7. The quantitative estimate of drug-likeness (QED) is 0.304. The lowest BCUT2D eigenvalue weighted by atomic mass is 9.94. The predicted octanol–water partition coefficient (Wildman–Crippen LogP) is 5.24. The van der Waals surface area contributed by atoms with E-state index in [0.717, 1.165) is 0 Å². The summed E-state index contributed by atoms with van der Waals surface area (Å²) in [7, 11) is -3.92. The van der Waals surface area contributed by atoms with Gasteiger partial charge in [-0.2, -0.15) is 0 Å². The zero-order valence-electron chi connectivity index (χ0n) is 22.4. The Kier molecular flexibility index (Phi) is 10.2. The van der Waals surface area contributed by atoms with E-state index in [-0.39, 0.29) is 34.5 Å². The lowest BCUT2D eigenvalue weighted by molar-refractivity contribution is -0.146. The number of rotatable bonds is 11. The molecule has 1 aliphatic rings. The van der Waals surface area contributed by atoms with Gasteiger partial charge in [-0.25, -0.2) is 0 Å². The first-order valence-electron chi connectivity index (χ1n) is 12.1. The summed E-state index contributed by atoms with van der Waals surface area (Å²) in [6.45, 7) is 24.7. The van der Waals surface area contributed by atoms with Gasteiger partial charge in [0.1, 0.15) is 6.10 Å². The Bertz CT molecular complexity index is 609. The van der Waals surface area contributed by atoms with Crippen molar-refractivity contribution in [1.82, 2.24) is 0 Å². The minimum Gasteiger partial charge on any atom is -0.459 e. The Hall–Kier alpha value is -0.256. The lowest BCUT2D eigenvalue weighted by Crippen LogP contribution is -2.48. The monoisotopic (exact) mass is 490 g/mol. The fourth-order valence-corrected chi connectivity index (χ4v) is 5.76. The fourth-order valence-electron chi connectivity index (χ4n) is 3.35. The Morgan fingerprint density at radius 1 is 1.00 bits per heavy atom. The van der Waals surface area contributed by atoms with Crippen LogP contribution in [-0.2, 0) is 18.4 Å². The van der Waals surface area contributed by atoms with Crippen molar-refractivity contribution in [3.05, 3.63) is 0 Å². The second kappa shape index (κ2) is 11.0. The molecule has 0 saturated carbocycles. The van der Waals surface area contributed by atoms with Crippen molar-refractivity contribution in [2.75, 3.05) is 6.61 Å². The van der Waals surface area contributed by atoms with Gasteiger partial charge in [0, 0.05) is 12.3 Å². The summed E-state index contributed by atoms with van der Waals surface area (Å²) in [5, 5.41) is 21.3. The zero-order valence-corrected chi connectivity index (χ0v) is 24.4. The first-order chi connectivity index (χ1) is 14.3. The Morgan fingerprint density at radius 2 is 1.53 bits per heavy atom. The summed E-state index contributed by atoms with van der Waals surface area (Å²) >= 11 is 0. The highest BCUT2D eigenvalue weighted by atomic mass is 28.4. The van der Waals surface area contributed by atoms with Gasteiger partial charge in [0.15, 0.2) is 16.6 Å². The molecule has 1 saturated heterocycles. The molecule has 0 radical (unpaired) electrons. The van der Waals surface area contributed by atoms with Crippen LogP contribution in [0.4, 0.5) is 0 Å². The molecular weight excluding hydrogens is 440 g/mol. The molecule has 5 atom stereocenters. The van der Waals surface area contributed by atoms with Crippen LogP contribution in [0.1, 0.15) is 74.1 Å². The summed E-state index contributed by atoms with van der Waals surface area (Å²) in [5.41, 5.74) is 0. The number of cyclic esters (lactones) is 1.